The van der Waals surface area contributed by atoms with Gasteiger partial charge in [0.15, 0.2) is 0 Å². The highest BCUT2D eigenvalue weighted by molar-refractivity contribution is 5.71. The Morgan fingerprint density at radius 2 is 1.93 bits per heavy atom. The summed E-state index contributed by atoms with van der Waals surface area (Å²) in [6, 6.07) is 0. The van der Waals surface area contributed by atoms with Gasteiger partial charge in [0.2, 0.25) is 0 Å². The number of esters is 1. The van der Waals surface area contributed by atoms with Crippen molar-refractivity contribution < 1.29 is 19.4 Å². The van der Waals surface area contributed by atoms with E-state index in [2.05, 4.69) is 19.9 Å². The minimum absolute atomic E-state index is 0.0199. The maximum atomic E-state index is 12.1. The van der Waals surface area contributed by atoms with Crippen LogP contribution in [0.1, 0.15) is 90.9 Å². The molecule has 156 valence electrons. The Kier molecular flexibility index (Phi) is 5.35. The van der Waals surface area contributed by atoms with E-state index in [1.807, 2.05) is 0 Å². The first-order chi connectivity index (χ1) is 13.3. The number of carbonyl (C=O) groups excluding carboxylic acids is 1. The van der Waals surface area contributed by atoms with E-state index in [0.717, 1.165) is 37.0 Å². The zero-order valence-corrected chi connectivity index (χ0v) is 17.5. The van der Waals surface area contributed by atoms with E-state index >= 15 is 0 Å². The van der Waals surface area contributed by atoms with E-state index in [0.29, 0.717) is 17.3 Å². The van der Waals surface area contributed by atoms with Crippen molar-refractivity contribution in [2.75, 3.05) is 0 Å². The van der Waals surface area contributed by atoms with Gasteiger partial charge in [-0.05, 0) is 80.0 Å². The number of aliphatic carboxylic acids is 1. The van der Waals surface area contributed by atoms with Gasteiger partial charge < -0.3 is 9.84 Å². The van der Waals surface area contributed by atoms with Crippen molar-refractivity contribution in [3.8, 4) is 0 Å². The lowest BCUT2D eigenvalue weighted by Gasteiger charge is -2.57. The molecule has 0 unspecified atom stereocenters. The fourth-order valence-corrected chi connectivity index (χ4v) is 7.35. The van der Waals surface area contributed by atoms with Crippen LogP contribution < -0.4 is 0 Å². The molecule has 0 saturated heterocycles. The van der Waals surface area contributed by atoms with Crippen LogP contribution in [0.4, 0.5) is 0 Å². The molecular formula is C24H36O4. The number of carboxylic acid groups (broad SMARTS) is 1. The highest BCUT2D eigenvalue weighted by atomic mass is 16.5. The zero-order valence-electron chi connectivity index (χ0n) is 17.5. The Hall–Kier alpha value is -1.32. The predicted molar refractivity (Wildman–Crippen MR) is 108 cm³/mol. The molecule has 0 bridgehead atoms. The second-order valence-corrected chi connectivity index (χ2v) is 10.4. The number of fused-ring (bicyclic) bond motifs is 5. The summed E-state index contributed by atoms with van der Waals surface area (Å²) in [5, 5.41) is 8.71. The number of rotatable bonds is 5. The molecule has 0 heterocycles. The monoisotopic (exact) mass is 388 g/mol. The number of hydrogen-bond donors (Lipinski definition) is 1. The fraction of sp³-hybridized carbons (Fsp3) is 0.833. The average Bonchev–Trinajstić information content (AvgIpc) is 3.03. The zero-order chi connectivity index (χ0) is 19.9. The Morgan fingerprint density at radius 3 is 2.71 bits per heavy atom. The Balaban J connectivity index is 1.39. The van der Waals surface area contributed by atoms with E-state index in [4.69, 9.17) is 9.84 Å². The lowest BCUT2D eigenvalue weighted by Crippen LogP contribution is -2.49. The minimum Gasteiger partial charge on any atom is -0.481 e. The van der Waals surface area contributed by atoms with Gasteiger partial charge in [-0.15, -0.1) is 0 Å². The smallest absolute Gasteiger partial charge is 0.306 e. The van der Waals surface area contributed by atoms with Crippen LogP contribution in [0.25, 0.3) is 0 Å². The van der Waals surface area contributed by atoms with Crippen molar-refractivity contribution in [1.29, 1.82) is 0 Å². The first-order valence-electron chi connectivity index (χ1n) is 11.4. The molecule has 0 radical (unpaired) electrons. The van der Waals surface area contributed by atoms with Crippen molar-refractivity contribution in [3.05, 3.63) is 11.6 Å². The summed E-state index contributed by atoms with van der Waals surface area (Å²) >= 11 is 0. The molecule has 3 fully saturated rings. The molecule has 4 aliphatic carbocycles. The van der Waals surface area contributed by atoms with Gasteiger partial charge in [0.25, 0.3) is 0 Å². The van der Waals surface area contributed by atoms with Gasteiger partial charge in [0, 0.05) is 19.3 Å². The SMILES string of the molecule is C[C@@]12CCC[C@H]1[C@@H]1CC=C3C[C@@H](OC(=O)CCCC(=O)O)CC[C@]3(C)[C@H]1CC2. The summed E-state index contributed by atoms with van der Waals surface area (Å²) in [6.45, 7) is 5.03. The molecule has 4 heteroatoms. The van der Waals surface area contributed by atoms with E-state index in [9.17, 15) is 9.59 Å². The van der Waals surface area contributed by atoms with Crippen molar-refractivity contribution in [2.24, 2.45) is 28.6 Å². The lowest BCUT2D eigenvalue weighted by atomic mass is 9.48. The maximum Gasteiger partial charge on any atom is 0.306 e. The molecule has 4 rings (SSSR count). The second kappa shape index (κ2) is 7.50. The number of carboxylic acids is 1. The third-order valence-electron chi connectivity index (χ3n) is 8.91. The quantitative estimate of drug-likeness (QED) is 0.498. The molecule has 1 N–H and O–H groups in total. The number of ether oxygens (including phenoxy) is 1. The molecule has 28 heavy (non-hydrogen) atoms. The molecule has 0 aromatic heterocycles. The first-order valence-corrected chi connectivity index (χ1v) is 11.4. The fourth-order valence-electron chi connectivity index (χ4n) is 7.35. The summed E-state index contributed by atoms with van der Waals surface area (Å²) in [6.07, 6.45) is 14.3. The number of hydrogen-bond acceptors (Lipinski definition) is 3. The highest BCUT2D eigenvalue weighted by Gasteiger charge is 2.55. The van der Waals surface area contributed by atoms with Crippen molar-refractivity contribution in [1.82, 2.24) is 0 Å². The largest absolute Gasteiger partial charge is 0.481 e. The van der Waals surface area contributed by atoms with Gasteiger partial charge in [-0.2, -0.15) is 0 Å². The predicted octanol–water partition coefficient (Wildman–Crippen LogP) is 5.51. The van der Waals surface area contributed by atoms with Crippen molar-refractivity contribution >= 4 is 11.9 Å². The topological polar surface area (TPSA) is 63.6 Å². The van der Waals surface area contributed by atoms with Crippen LogP contribution in [0.5, 0.6) is 0 Å². The van der Waals surface area contributed by atoms with E-state index in [1.54, 1.807) is 0 Å². The normalized spacial score (nSPS) is 42.0. The second-order valence-electron chi connectivity index (χ2n) is 10.4. The highest BCUT2D eigenvalue weighted by Crippen LogP contribution is 2.64. The minimum atomic E-state index is -0.853. The summed E-state index contributed by atoms with van der Waals surface area (Å²) in [7, 11) is 0. The van der Waals surface area contributed by atoms with Crippen LogP contribution in [0, 0.1) is 28.6 Å². The van der Waals surface area contributed by atoms with Crippen LogP contribution in [0.15, 0.2) is 11.6 Å². The van der Waals surface area contributed by atoms with Crippen LogP contribution in [0.2, 0.25) is 0 Å². The molecule has 6 atom stereocenters. The van der Waals surface area contributed by atoms with Crippen LogP contribution >= 0.6 is 0 Å². The van der Waals surface area contributed by atoms with Crippen molar-refractivity contribution in [3.63, 3.8) is 0 Å². The molecule has 0 amide bonds. The molecule has 0 aromatic rings. The van der Waals surface area contributed by atoms with Gasteiger partial charge in [0.05, 0.1) is 0 Å². The molecule has 3 saturated carbocycles. The first kappa shape index (κ1) is 20.0. The number of carbonyl (C=O) groups is 2. The standard InChI is InChI=1S/C24H36O4/c1-23-12-4-5-19(23)18-9-8-16-15-17(28-22(27)7-3-6-21(25)26)10-14-24(16,2)20(18)11-13-23/h8,17-20H,3-7,9-15H2,1-2H3,(H,25,26)/t17-,18-,19-,20-,23-,24-/m0/s1. The molecule has 0 aliphatic heterocycles. The van der Waals surface area contributed by atoms with E-state index < -0.39 is 5.97 Å². The van der Waals surface area contributed by atoms with Gasteiger partial charge in [0.1, 0.15) is 6.10 Å². The lowest BCUT2D eigenvalue weighted by molar-refractivity contribution is -0.151. The average molecular weight is 389 g/mol. The van der Waals surface area contributed by atoms with E-state index in [-0.39, 0.29) is 24.9 Å². The third-order valence-corrected chi connectivity index (χ3v) is 8.91. The Morgan fingerprint density at radius 1 is 1.11 bits per heavy atom. The van der Waals surface area contributed by atoms with Gasteiger partial charge in [-0.1, -0.05) is 31.9 Å². The third kappa shape index (κ3) is 3.52. The Bertz CT molecular complexity index is 668. The van der Waals surface area contributed by atoms with Crippen LogP contribution in [0.3, 0.4) is 0 Å². The molecule has 4 nitrogen and oxygen atoms in total. The van der Waals surface area contributed by atoms with Gasteiger partial charge in [-0.25, -0.2) is 0 Å². The van der Waals surface area contributed by atoms with E-state index in [1.165, 1.54) is 44.1 Å². The summed E-state index contributed by atoms with van der Waals surface area (Å²) in [5.74, 6) is 1.48. The van der Waals surface area contributed by atoms with Crippen molar-refractivity contribution in [2.45, 2.75) is 97.0 Å². The van der Waals surface area contributed by atoms with Gasteiger partial charge in [-0.3, -0.25) is 9.59 Å². The molecule has 0 spiro atoms. The summed E-state index contributed by atoms with van der Waals surface area (Å²) in [4.78, 5) is 22.7. The molecular weight excluding hydrogens is 352 g/mol. The maximum absolute atomic E-state index is 12.1. The Labute approximate surface area is 169 Å². The van der Waals surface area contributed by atoms with Gasteiger partial charge >= 0.3 is 11.9 Å². The molecule has 4 aliphatic rings. The summed E-state index contributed by atoms with van der Waals surface area (Å²) < 4.78 is 5.72. The molecule has 0 aromatic carbocycles. The summed E-state index contributed by atoms with van der Waals surface area (Å²) in [5.41, 5.74) is 2.41. The number of allylic oxidation sites excluding steroid dienone is 1. The van der Waals surface area contributed by atoms with Crippen LogP contribution in [-0.4, -0.2) is 23.1 Å². The van der Waals surface area contributed by atoms with Crippen LogP contribution in [-0.2, 0) is 14.3 Å².